The molecule has 4 aliphatic heterocycles. The van der Waals surface area contributed by atoms with E-state index in [1.54, 1.807) is 13.2 Å². The minimum Gasteiger partial charge on any atom is -0.493 e. The number of hydrogen-bond donors (Lipinski definition) is 1. The van der Waals surface area contributed by atoms with Crippen LogP contribution in [0.25, 0.3) is 0 Å². The lowest BCUT2D eigenvalue weighted by Gasteiger charge is -2.39. The van der Waals surface area contributed by atoms with Gasteiger partial charge in [-0.15, -0.1) is 0 Å². The average Bonchev–Trinajstić information content (AvgIpc) is 3.60. The van der Waals surface area contributed by atoms with Gasteiger partial charge in [0, 0.05) is 29.8 Å². The third kappa shape index (κ3) is 4.70. The van der Waals surface area contributed by atoms with Gasteiger partial charge in [-0.1, -0.05) is 12.5 Å². The van der Waals surface area contributed by atoms with E-state index in [4.69, 9.17) is 28.4 Å². The molecule has 0 bridgehead atoms. The molecule has 2 aromatic rings. The Hall–Kier alpha value is -3.70. The van der Waals surface area contributed by atoms with E-state index in [9.17, 15) is 9.59 Å². The van der Waals surface area contributed by atoms with E-state index in [2.05, 4.69) is 15.1 Å². The number of hydrogen-bond acceptors (Lipinski definition) is 10. The first-order valence-electron chi connectivity index (χ1n) is 14.1. The van der Waals surface area contributed by atoms with E-state index >= 15 is 0 Å². The number of amides is 1. The number of esters is 1. The Morgan fingerprint density at radius 3 is 2.49 bits per heavy atom. The van der Waals surface area contributed by atoms with Crippen LogP contribution < -0.4 is 29.0 Å². The zero-order valence-electron chi connectivity index (χ0n) is 24.0. The quantitative estimate of drug-likeness (QED) is 0.479. The van der Waals surface area contributed by atoms with E-state index in [1.165, 1.54) is 20.6 Å². The molecule has 41 heavy (non-hydrogen) atoms. The van der Waals surface area contributed by atoms with Gasteiger partial charge in [-0.2, -0.15) is 0 Å². The Morgan fingerprint density at radius 1 is 1.00 bits per heavy atom. The number of carbonyl (C=O) groups excluding carboxylic acids is 2. The van der Waals surface area contributed by atoms with Crippen molar-refractivity contribution >= 4 is 11.9 Å². The fraction of sp³-hybridized carbons (Fsp3) is 0.533. The average molecular weight is 568 g/mol. The molecule has 0 saturated carbocycles. The summed E-state index contributed by atoms with van der Waals surface area (Å²) in [6, 6.07) is 3.26. The Balaban J connectivity index is 1.39. The molecule has 1 saturated heterocycles. The summed E-state index contributed by atoms with van der Waals surface area (Å²) in [5.74, 6) is 1.98. The number of rotatable bonds is 8. The highest BCUT2D eigenvalue weighted by Crippen LogP contribution is 2.56. The molecule has 11 heteroatoms. The largest absolute Gasteiger partial charge is 0.493 e. The summed E-state index contributed by atoms with van der Waals surface area (Å²) < 4.78 is 34.9. The maximum atomic E-state index is 13.2. The predicted molar refractivity (Wildman–Crippen MR) is 148 cm³/mol. The number of benzene rings is 2. The normalized spacial score (nSPS) is 21.6. The van der Waals surface area contributed by atoms with Crippen LogP contribution in [-0.2, 0) is 22.5 Å². The third-order valence-electron chi connectivity index (χ3n) is 8.60. The lowest BCUT2D eigenvalue weighted by atomic mass is 9.83. The van der Waals surface area contributed by atoms with Crippen LogP contribution in [0, 0.1) is 0 Å². The Bertz CT molecular complexity index is 1360. The summed E-state index contributed by atoms with van der Waals surface area (Å²) in [6.07, 6.45) is 3.54. The number of nitrogens with one attached hydrogen (secondary N) is 1. The van der Waals surface area contributed by atoms with Crippen LogP contribution in [-0.4, -0.2) is 83.0 Å². The highest BCUT2D eigenvalue weighted by molar-refractivity contribution is 5.98. The van der Waals surface area contributed by atoms with E-state index in [-0.39, 0.29) is 18.7 Å². The van der Waals surface area contributed by atoms with Gasteiger partial charge in [0.05, 0.1) is 33.9 Å². The first kappa shape index (κ1) is 27.5. The summed E-state index contributed by atoms with van der Waals surface area (Å²) in [4.78, 5) is 30.5. The Labute approximate surface area is 239 Å². The van der Waals surface area contributed by atoms with Crippen LogP contribution >= 0.6 is 0 Å². The molecule has 220 valence electrons. The molecule has 1 amide bonds. The fourth-order valence-corrected chi connectivity index (χ4v) is 6.67. The number of carbonyl (C=O) groups is 2. The Kier molecular flexibility index (Phi) is 7.56. The van der Waals surface area contributed by atoms with Crippen LogP contribution in [0.15, 0.2) is 12.1 Å². The third-order valence-corrected chi connectivity index (χ3v) is 8.60. The molecule has 2 atom stereocenters. The second-order valence-electron chi connectivity index (χ2n) is 10.8. The molecular formula is C30H37N3O8. The van der Waals surface area contributed by atoms with Crippen LogP contribution in [0.3, 0.4) is 0 Å². The maximum absolute atomic E-state index is 13.2. The van der Waals surface area contributed by atoms with Crippen molar-refractivity contribution in [2.45, 2.75) is 44.4 Å². The van der Waals surface area contributed by atoms with Gasteiger partial charge in [0.15, 0.2) is 23.0 Å². The molecule has 1 N–H and O–H groups in total. The fourth-order valence-electron chi connectivity index (χ4n) is 6.67. The van der Waals surface area contributed by atoms with Crippen molar-refractivity contribution in [2.75, 3.05) is 61.3 Å². The van der Waals surface area contributed by atoms with Crippen LogP contribution in [0.2, 0.25) is 0 Å². The monoisotopic (exact) mass is 567 g/mol. The lowest BCUT2D eigenvalue weighted by molar-refractivity contribution is -0.122. The second-order valence-corrected chi connectivity index (χ2v) is 10.8. The molecule has 0 aliphatic carbocycles. The number of piperidine rings is 1. The minimum absolute atomic E-state index is 0.0201. The summed E-state index contributed by atoms with van der Waals surface area (Å²) in [5.41, 5.74) is 3.83. The number of methoxy groups -OCH3 is 3. The van der Waals surface area contributed by atoms with Crippen molar-refractivity contribution in [3.05, 3.63) is 39.9 Å². The lowest BCUT2D eigenvalue weighted by Crippen LogP contribution is -2.40. The predicted octanol–water partition coefficient (Wildman–Crippen LogP) is 2.98. The van der Waals surface area contributed by atoms with Gasteiger partial charge < -0.3 is 33.7 Å². The number of likely N-dealkylation sites (N-methyl/N-ethyl adjacent to an activating group) is 1. The van der Waals surface area contributed by atoms with Gasteiger partial charge in [-0.05, 0) is 51.0 Å². The van der Waals surface area contributed by atoms with Crippen LogP contribution in [0.1, 0.15) is 64.0 Å². The minimum atomic E-state index is -0.628. The highest BCUT2D eigenvalue weighted by Gasteiger charge is 2.47. The molecule has 0 unspecified atom stereocenters. The van der Waals surface area contributed by atoms with Crippen molar-refractivity contribution < 1.29 is 38.0 Å². The highest BCUT2D eigenvalue weighted by atomic mass is 16.7. The van der Waals surface area contributed by atoms with Gasteiger partial charge in [-0.3, -0.25) is 14.6 Å². The Morgan fingerprint density at radius 2 is 1.76 bits per heavy atom. The van der Waals surface area contributed by atoms with Gasteiger partial charge in [0.25, 0.3) is 0 Å². The molecule has 11 nitrogen and oxygen atoms in total. The van der Waals surface area contributed by atoms with E-state index in [1.807, 2.05) is 13.1 Å². The number of ether oxygens (including phenoxy) is 6. The summed E-state index contributed by atoms with van der Waals surface area (Å²) in [7, 11) is 6.65. The van der Waals surface area contributed by atoms with Crippen molar-refractivity contribution in [3.8, 4) is 28.7 Å². The SMILES string of the molecule is COc1ccc2c(c1OC)C(=O)O[C@@H]2[C@@H]1c2c(c(CNC(=O)CN3CCCCC3)c3c(c2OC)OCO3)CCN1C. The standard InChI is InChI=1S/C30H37N3O8/c1-32-13-10-17-19(14-31-21(34)15-33-11-6-5-7-12-33)26-29(40-16-39-26)28(38-4)22(17)24(32)25-18-8-9-20(36-2)27(37-3)23(18)30(35)41-25/h8-9,24-25H,5-7,10-16H2,1-4H3,(H,31,34)/t24-,25-/m0/s1. The van der Waals surface area contributed by atoms with Gasteiger partial charge in [-0.25, -0.2) is 4.79 Å². The zero-order valence-corrected chi connectivity index (χ0v) is 24.0. The van der Waals surface area contributed by atoms with Crippen molar-refractivity contribution in [3.63, 3.8) is 0 Å². The van der Waals surface area contributed by atoms with Gasteiger partial charge in [0.2, 0.25) is 18.4 Å². The molecule has 1 fully saturated rings. The molecule has 0 spiro atoms. The van der Waals surface area contributed by atoms with Gasteiger partial charge in [0.1, 0.15) is 11.7 Å². The molecule has 0 aromatic heterocycles. The molecule has 4 aliphatic rings. The van der Waals surface area contributed by atoms with Crippen molar-refractivity contribution in [1.82, 2.24) is 15.1 Å². The topological polar surface area (TPSA) is 108 Å². The summed E-state index contributed by atoms with van der Waals surface area (Å²) in [6.45, 7) is 3.33. The maximum Gasteiger partial charge on any atom is 0.343 e. The molecule has 6 rings (SSSR count). The number of nitrogens with zero attached hydrogens (tertiary/aromatic N) is 2. The first-order valence-corrected chi connectivity index (χ1v) is 14.1. The van der Waals surface area contributed by atoms with Crippen molar-refractivity contribution in [1.29, 1.82) is 0 Å². The summed E-state index contributed by atoms with van der Waals surface area (Å²) >= 11 is 0. The molecule has 4 heterocycles. The van der Waals surface area contributed by atoms with Crippen LogP contribution in [0.5, 0.6) is 28.7 Å². The van der Waals surface area contributed by atoms with E-state index in [0.29, 0.717) is 65.9 Å². The molecule has 2 aromatic carbocycles. The number of fused-ring (bicyclic) bond motifs is 3. The smallest absolute Gasteiger partial charge is 0.343 e. The van der Waals surface area contributed by atoms with Gasteiger partial charge >= 0.3 is 5.97 Å². The number of cyclic esters (lactones) is 1. The summed E-state index contributed by atoms with van der Waals surface area (Å²) in [5, 5.41) is 3.12. The molecular weight excluding hydrogens is 530 g/mol. The van der Waals surface area contributed by atoms with Crippen LogP contribution in [0.4, 0.5) is 0 Å². The zero-order chi connectivity index (χ0) is 28.7. The first-order chi connectivity index (χ1) is 20.0. The van der Waals surface area contributed by atoms with E-state index in [0.717, 1.165) is 42.6 Å². The second kappa shape index (κ2) is 11.3. The van der Waals surface area contributed by atoms with Crippen molar-refractivity contribution in [2.24, 2.45) is 0 Å². The molecule has 0 radical (unpaired) electrons. The van der Waals surface area contributed by atoms with E-state index < -0.39 is 12.1 Å². The number of likely N-dealkylation sites (tertiary alicyclic amines) is 1.